The number of aryl methyl sites for hydroxylation is 1. The van der Waals surface area contributed by atoms with Crippen molar-refractivity contribution in [3.05, 3.63) is 34.8 Å². The van der Waals surface area contributed by atoms with Crippen LogP contribution in [0, 0.1) is 6.92 Å². The molecule has 0 spiro atoms. The topological polar surface area (TPSA) is 113 Å². The lowest BCUT2D eigenvalue weighted by Gasteiger charge is -2.30. The zero-order valence-electron chi connectivity index (χ0n) is 17.6. The Morgan fingerprint density at radius 1 is 1.26 bits per heavy atom. The predicted octanol–water partition coefficient (Wildman–Crippen LogP) is 1.55. The molecular weight excluding hydrogens is 416 g/mol. The number of aromatic nitrogens is 1. The summed E-state index contributed by atoms with van der Waals surface area (Å²) in [6.07, 6.45) is 3.57. The van der Waals surface area contributed by atoms with Crippen molar-refractivity contribution >= 4 is 34.7 Å². The van der Waals surface area contributed by atoms with Crippen molar-refractivity contribution in [1.29, 1.82) is 0 Å². The van der Waals surface area contributed by atoms with Gasteiger partial charge in [0.25, 0.3) is 0 Å². The minimum atomic E-state index is 0.189. The predicted molar refractivity (Wildman–Crippen MR) is 123 cm³/mol. The number of rotatable bonds is 4. The number of hydrogen-bond donors (Lipinski definition) is 2. The van der Waals surface area contributed by atoms with Crippen molar-refractivity contribution in [2.45, 2.75) is 13.5 Å². The molecule has 4 rings (SSSR count). The molecule has 0 saturated carbocycles. The number of fused-ring (bicyclic) bond motifs is 1. The molecule has 1 aromatic carbocycles. The number of thiazole rings is 1. The standard InChI is InChI=1S/C20H26N8O2S/c1-14-10-23-20(31-14)26-18(21)25-19(24-12-28-7-5-27(2)6-8-28)22-11-15-3-4-16-17(9-15)30-13-29-16/h3-4,9-10,12H,5-8,11,13H2,1-2H3,(H3,21,22,23,25,26)/b24-12+. The third-order valence-electron chi connectivity index (χ3n) is 4.79. The van der Waals surface area contributed by atoms with Crippen LogP contribution in [-0.2, 0) is 6.54 Å². The lowest BCUT2D eigenvalue weighted by molar-refractivity contribution is 0.174. The van der Waals surface area contributed by atoms with E-state index in [-0.39, 0.29) is 12.8 Å². The lowest BCUT2D eigenvalue weighted by atomic mass is 10.2. The van der Waals surface area contributed by atoms with E-state index in [0.29, 0.717) is 17.6 Å². The minimum absolute atomic E-state index is 0.189. The van der Waals surface area contributed by atoms with Gasteiger partial charge in [0.05, 0.1) is 12.9 Å². The Morgan fingerprint density at radius 2 is 2.06 bits per heavy atom. The Morgan fingerprint density at radius 3 is 2.84 bits per heavy atom. The number of nitrogens with zero attached hydrogens (tertiary/aromatic N) is 6. The molecular formula is C20H26N8O2S. The van der Waals surface area contributed by atoms with Gasteiger partial charge in [0.1, 0.15) is 0 Å². The number of guanidine groups is 2. The van der Waals surface area contributed by atoms with Crippen molar-refractivity contribution in [3.63, 3.8) is 0 Å². The van der Waals surface area contributed by atoms with E-state index in [0.717, 1.165) is 48.1 Å². The van der Waals surface area contributed by atoms with Crippen LogP contribution in [0.5, 0.6) is 11.5 Å². The molecule has 0 bridgehead atoms. The summed E-state index contributed by atoms with van der Waals surface area (Å²) in [6.45, 7) is 6.44. The number of ether oxygens (including phenoxy) is 2. The van der Waals surface area contributed by atoms with Crippen molar-refractivity contribution in [1.82, 2.24) is 20.1 Å². The molecule has 2 aromatic rings. The first-order chi connectivity index (χ1) is 15.0. The second kappa shape index (κ2) is 9.75. The summed E-state index contributed by atoms with van der Waals surface area (Å²) >= 11 is 1.47. The van der Waals surface area contributed by atoms with Gasteiger partial charge in [0.2, 0.25) is 23.8 Å². The van der Waals surface area contributed by atoms with Crippen LogP contribution in [0.25, 0.3) is 0 Å². The second-order valence-electron chi connectivity index (χ2n) is 7.29. The van der Waals surface area contributed by atoms with Gasteiger partial charge in [0.15, 0.2) is 11.5 Å². The molecule has 11 heteroatoms. The molecule has 1 aromatic heterocycles. The molecule has 10 nitrogen and oxygen atoms in total. The van der Waals surface area contributed by atoms with Crippen LogP contribution in [0.2, 0.25) is 0 Å². The average molecular weight is 443 g/mol. The van der Waals surface area contributed by atoms with Crippen molar-refractivity contribution < 1.29 is 9.47 Å². The summed E-state index contributed by atoms with van der Waals surface area (Å²) in [7, 11) is 2.12. The van der Waals surface area contributed by atoms with Crippen LogP contribution in [-0.4, -0.2) is 73.1 Å². The summed E-state index contributed by atoms with van der Waals surface area (Å²) in [5.41, 5.74) is 7.06. The lowest BCUT2D eigenvalue weighted by Crippen LogP contribution is -2.44. The van der Waals surface area contributed by atoms with Crippen LogP contribution in [0.3, 0.4) is 0 Å². The number of aliphatic imine (C=N–C) groups is 3. The quantitative estimate of drug-likeness (QED) is 0.546. The normalized spacial score (nSPS) is 17.5. The van der Waals surface area contributed by atoms with Gasteiger partial charge in [-0.2, -0.15) is 4.99 Å². The first-order valence-corrected chi connectivity index (χ1v) is 10.8. The summed E-state index contributed by atoms with van der Waals surface area (Å²) in [4.78, 5) is 23.2. The number of likely N-dealkylation sites (N-methyl/N-ethyl adjacent to an activating group) is 1. The highest BCUT2D eigenvalue weighted by Crippen LogP contribution is 2.32. The third-order valence-corrected chi connectivity index (χ3v) is 5.60. The SMILES string of the molecule is Cc1cnc(/N=C(\N)NC(=NCc2ccc3c(c2)OCO3)/N=C/N2CCN(C)CC2)s1. The van der Waals surface area contributed by atoms with Gasteiger partial charge in [0, 0.05) is 37.3 Å². The number of nitrogens with one attached hydrogen (secondary N) is 1. The fourth-order valence-electron chi connectivity index (χ4n) is 3.03. The minimum Gasteiger partial charge on any atom is -0.454 e. The second-order valence-corrected chi connectivity index (χ2v) is 8.50. The molecule has 31 heavy (non-hydrogen) atoms. The van der Waals surface area contributed by atoms with Crippen molar-refractivity contribution in [2.24, 2.45) is 20.7 Å². The first-order valence-electron chi connectivity index (χ1n) is 9.98. The van der Waals surface area contributed by atoms with Crippen LogP contribution in [0.15, 0.2) is 39.4 Å². The summed E-state index contributed by atoms with van der Waals surface area (Å²) < 4.78 is 10.8. The van der Waals surface area contributed by atoms with E-state index in [2.05, 4.69) is 42.1 Å². The molecule has 1 saturated heterocycles. The van der Waals surface area contributed by atoms with Gasteiger partial charge >= 0.3 is 0 Å². The van der Waals surface area contributed by atoms with E-state index in [1.807, 2.05) is 25.1 Å². The van der Waals surface area contributed by atoms with Gasteiger partial charge < -0.3 is 25.0 Å². The molecule has 164 valence electrons. The number of nitrogens with two attached hydrogens (primary N) is 1. The van der Waals surface area contributed by atoms with Crippen molar-refractivity contribution in [2.75, 3.05) is 40.0 Å². The molecule has 1 fully saturated rings. The molecule has 2 aliphatic rings. The first kappa shape index (κ1) is 21.1. The Hall–Kier alpha value is -3.18. The highest BCUT2D eigenvalue weighted by Gasteiger charge is 2.14. The van der Waals surface area contributed by atoms with Gasteiger partial charge in [-0.25, -0.2) is 15.0 Å². The molecule has 0 unspecified atom stereocenters. The number of hydrogen-bond acceptors (Lipinski definition) is 7. The van der Waals surface area contributed by atoms with E-state index >= 15 is 0 Å². The number of piperazine rings is 1. The van der Waals surface area contributed by atoms with Gasteiger partial charge in [-0.15, -0.1) is 11.3 Å². The zero-order valence-corrected chi connectivity index (χ0v) is 18.4. The molecule has 0 aliphatic carbocycles. The summed E-state index contributed by atoms with van der Waals surface area (Å²) in [5, 5.41) is 3.58. The highest BCUT2D eigenvalue weighted by molar-refractivity contribution is 7.15. The molecule has 0 amide bonds. The maximum absolute atomic E-state index is 6.08. The fraction of sp³-hybridized carbons (Fsp3) is 0.400. The van der Waals surface area contributed by atoms with E-state index < -0.39 is 0 Å². The Bertz CT molecular complexity index is 995. The highest BCUT2D eigenvalue weighted by atomic mass is 32.1. The van der Waals surface area contributed by atoms with Crippen LogP contribution >= 0.6 is 11.3 Å². The van der Waals surface area contributed by atoms with Gasteiger partial charge in [-0.1, -0.05) is 6.07 Å². The van der Waals surface area contributed by atoms with Gasteiger partial charge in [-0.3, -0.25) is 5.32 Å². The van der Waals surface area contributed by atoms with Crippen LogP contribution < -0.4 is 20.5 Å². The third kappa shape index (κ3) is 5.92. The van der Waals surface area contributed by atoms with Gasteiger partial charge in [-0.05, 0) is 31.7 Å². The molecule has 0 atom stereocenters. The zero-order chi connectivity index (χ0) is 21.6. The fourth-order valence-corrected chi connectivity index (χ4v) is 3.67. The summed E-state index contributed by atoms with van der Waals surface area (Å²) in [6, 6.07) is 5.76. The number of benzene rings is 1. The van der Waals surface area contributed by atoms with Crippen LogP contribution in [0.1, 0.15) is 10.4 Å². The molecule has 0 radical (unpaired) electrons. The Balaban J connectivity index is 1.48. The maximum Gasteiger partial charge on any atom is 0.231 e. The van der Waals surface area contributed by atoms with Crippen molar-refractivity contribution in [3.8, 4) is 11.5 Å². The van der Waals surface area contributed by atoms with E-state index in [4.69, 9.17) is 15.2 Å². The molecule has 2 aliphatic heterocycles. The average Bonchev–Trinajstić information content (AvgIpc) is 3.39. The Kier molecular flexibility index (Phi) is 6.63. The monoisotopic (exact) mass is 442 g/mol. The van der Waals surface area contributed by atoms with E-state index in [9.17, 15) is 0 Å². The van der Waals surface area contributed by atoms with E-state index in [1.165, 1.54) is 11.3 Å². The van der Waals surface area contributed by atoms with Crippen LogP contribution in [0.4, 0.5) is 5.13 Å². The maximum atomic E-state index is 6.08. The van der Waals surface area contributed by atoms with E-state index in [1.54, 1.807) is 12.5 Å². The largest absolute Gasteiger partial charge is 0.454 e. The molecule has 3 heterocycles. The Labute approximate surface area is 185 Å². The molecule has 3 N–H and O–H groups in total. The smallest absolute Gasteiger partial charge is 0.231 e. The summed E-state index contributed by atoms with van der Waals surface area (Å²) in [5.74, 6) is 2.04.